The molecule has 2 aliphatic rings. The second kappa shape index (κ2) is 7.50. The van der Waals surface area contributed by atoms with Crippen molar-refractivity contribution in [2.75, 3.05) is 36.4 Å². The maximum Gasteiger partial charge on any atom is 0.282 e. The Kier molecular flexibility index (Phi) is 4.93. The number of anilines is 2. The molecule has 4 nitrogen and oxygen atoms in total. The summed E-state index contributed by atoms with van der Waals surface area (Å²) in [6, 6.07) is 16.9. The van der Waals surface area contributed by atoms with Gasteiger partial charge in [0.25, 0.3) is 5.91 Å². The fourth-order valence-electron chi connectivity index (χ4n) is 4.21. The standard InChI is InChI=1S/C22H27N3O/c1-17(22(26)23-20-11-10-18-6-5-7-19(18)16-20)24-12-14-25(15-13-24)21-8-3-2-4-9-21/h2-4,8-11,16-17H,5-7,12-15H2,1H3,(H,23,26)/p+1/t17-/m1/s1. The molecule has 1 fully saturated rings. The van der Waals surface area contributed by atoms with E-state index in [0.29, 0.717) is 0 Å². The van der Waals surface area contributed by atoms with Crippen LogP contribution in [0.25, 0.3) is 0 Å². The number of piperazine rings is 1. The highest BCUT2D eigenvalue weighted by Crippen LogP contribution is 2.24. The minimum Gasteiger partial charge on any atom is -0.360 e. The van der Waals surface area contributed by atoms with Crippen LogP contribution >= 0.6 is 0 Å². The van der Waals surface area contributed by atoms with Gasteiger partial charge in [-0.05, 0) is 61.6 Å². The molecule has 1 atom stereocenters. The van der Waals surface area contributed by atoms with Gasteiger partial charge < -0.3 is 15.1 Å². The van der Waals surface area contributed by atoms with Crippen molar-refractivity contribution in [3.05, 3.63) is 59.7 Å². The first-order valence-electron chi connectivity index (χ1n) is 9.78. The van der Waals surface area contributed by atoms with Gasteiger partial charge in [-0.15, -0.1) is 0 Å². The lowest BCUT2D eigenvalue weighted by Crippen LogP contribution is -3.19. The Balaban J connectivity index is 1.33. The van der Waals surface area contributed by atoms with E-state index in [-0.39, 0.29) is 11.9 Å². The number of para-hydroxylation sites is 1. The number of aryl methyl sites for hydroxylation is 2. The van der Waals surface area contributed by atoms with E-state index in [1.807, 2.05) is 0 Å². The monoisotopic (exact) mass is 350 g/mol. The molecule has 136 valence electrons. The fourth-order valence-corrected chi connectivity index (χ4v) is 4.21. The van der Waals surface area contributed by atoms with Crippen molar-refractivity contribution in [3.8, 4) is 0 Å². The summed E-state index contributed by atoms with van der Waals surface area (Å²) in [5.41, 5.74) is 5.07. The van der Waals surface area contributed by atoms with Gasteiger partial charge >= 0.3 is 0 Å². The highest BCUT2D eigenvalue weighted by molar-refractivity contribution is 5.93. The molecular weight excluding hydrogens is 322 g/mol. The third-order valence-corrected chi connectivity index (χ3v) is 5.90. The lowest BCUT2D eigenvalue weighted by Gasteiger charge is -2.36. The third kappa shape index (κ3) is 3.61. The number of carbonyl (C=O) groups is 1. The molecule has 0 aromatic heterocycles. The lowest BCUT2D eigenvalue weighted by molar-refractivity contribution is -0.914. The van der Waals surface area contributed by atoms with Gasteiger partial charge in [-0.2, -0.15) is 0 Å². The Morgan fingerprint density at radius 2 is 1.77 bits per heavy atom. The van der Waals surface area contributed by atoms with Crippen molar-refractivity contribution in [1.29, 1.82) is 0 Å². The van der Waals surface area contributed by atoms with Gasteiger partial charge in [-0.3, -0.25) is 4.79 Å². The predicted molar refractivity (Wildman–Crippen MR) is 106 cm³/mol. The molecule has 0 bridgehead atoms. The van der Waals surface area contributed by atoms with Crippen LogP contribution < -0.4 is 15.1 Å². The molecule has 4 heteroatoms. The van der Waals surface area contributed by atoms with E-state index >= 15 is 0 Å². The van der Waals surface area contributed by atoms with Crippen molar-refractivity contribution >= 4 is 17.3 Å². The SMILES string of the molecule is C[C@H](C(=O)Nc1ccc2c(c1)CCC2)[NH+]1CCN(c2ccccc2)CC1. The molecule has 2 N–H and O–H groups in total. The van der Waals surface area contributed by atoms with E-state index in [0.717, 1.165) is 38.3 Å². The van der Waals surface area contributed by atoms with Crippen molar-refractivity contribution in [3.63, 3.8) is 0 Å². The Labute approximate surface area is 155 Å². The summed E-state index contributed by atoms with van der Waals surface area (Å²) in [5.74, 6) is 0.131. The molecule has 1 heterocycles. The van der Waals surface area contributed by atoms with Gasteiger partial charge in [0.05, 0.1) is 26.2 Å². The third-order valence-electron chi connectivity index (χ3n) is 5.90. The van der Waals surface area contributed by atoms with Gasteiger partial charge in [0, 0.05) is 11.4 Å². The number of hydrogen-bond donors (Lipinski definition) is 2. The molecule has 26 heavy (non-hydrogen) atoms. The number of quaternary nitrogens is 1. The smallest absolute Gasteiger partial charge is 0.282 e. The molecule has 1 aliphatic carbocycles. The van der Waals surface area contributed by atoms with Crippen LogP contribution in [-0.2, 0) is 17.6 Å². The zero-order chi connectivity index (χ0) is 17.9. The lowest BCUT2D eigenvalue weighted by atomic mass is 10.1. The van der Waals surface area contributed by atoms with Crippen LogP contribution in [0.1, 0.15) is 24.5 Å². The quantitative estimate of drug-likeness (QED) is 0.884. The van der Waals surface area contributed by atoms with Gasteiger partial charge in [0.2, 0.25) is 0 Å². The Hall–Kier alpha value is -2.33. The van der Waals surface area contributed by atoms with E-state index in [4.69, 9.17) is 0 Å². The summed E-state index contributed by atoms with van der Waals surface area (Å²) >= 11 is 0. The Morgan fingerprint density at radius 3 is 2.54 bits per heavy atom. The fraction of sp³-hybridized carbons (Fsp3) is 0.409. The number of amides is 1. The average molecular weight is 350 g/mol. The first-order valence-corrected chi connectivity index (χ1v) is 9.78. The molecular formula is C22H28N3O+. The molecule has 1 aliphatic heterocycles. The van der Waals surface area contributed by atoms with E-state index in [1.165, 1.54) is 34.6 Å². The van der Waals surface area contributed by atoms with Crippen molar-refractivity contribution < 1.29 is 9.69 Å². The van der Waals surface area contributed by atoms with Gasteiger partial charge in [0.1, 0.15) is 0 Å². The second-order valence-electron chi connectivity index (χ2n) is 7.53. The number of carbonyl (C=O) groups excluding carboxylic acids is 1. The van der Waals surface area contributed by atoms with Crippen LogP contribution in [0.5, 0.6) is 0 Å². The predicted octanol–water partition coefficient (Wildman–Crippen LogP) is 1.91. The average Bonchev–Trinajstić information content (AvgIpc) is 3.16. The highest BCUT2D eigenvalue weighted by Gasteiger charge is 2.29. The van der Waals surface area contributed by atoms with Crippen LogP contribution in [0.4, 0.5) is 11.4 Å². The van der Waals surface area contributed by atoms with E-state index < -0.39 is 0 Å². The van der Waals surface area contributed by atoms with Crippen LogP contribution in [-0.4, -0.2) is 38.1 Å². The molecule has 0 radical (unpaired) electrons. The number of fused-ring (bicyclic) bond motifs is 1. The minimum atomic E-state index is -0.0267. The topological polar surface area (TPSA) is 36.8 Å². The van der Waals surface area contributed by atoms with Crippen molar-refractivity contribution in [1.82, 2.24) is 0 Å². The first kappa shape index (κ1) is 17.1. The molecule has 0 saturated carbocycles. The Bertz CT molecular complexity index is 766. The maximum atomic E-state index is 12.7. The maximum absolute atomic E-state index is 12.7. The number of nitrogens with zero attached hydrogens (tertiary/aromatic N) is 1. The number of benzene rings is 2. The summed E-state index contributed by atoms with van der Waals surface area (Å²) in [6.45, 7) is 6.03. The summed E-state index contributed by atoms with van der Waals surface area (Å²) in [5, 5.41) is 3.14. The van der Waals surface area contributed by atoms with Crippen LogP contribution in [0.2, 0.25) is 0 Å². The zero-order valence-corrected chi connectivity index (χ0v) is 15.5. The van der Waals surface area contributed by atoms with Crippen LogP contribution in [0.3, 0.4) is 0 Å². The van der Waals surface area contributed by atoms with Crippen LogP contribution in [0, 0.1) is 0 Å². The van der Waals surface area contributed by atoms with Crippen molar-refractivity contribution in [2.24, 2.45) is 0 Å². The summed E-state index contributed by atoms with van der Waals surface area (Å²) < 4.78 is 0. The number of nitrogens with one attached hydrogen (secondary N) is 2. The molecule has 1 saturated heterocycles. The van der Waals surface area contributed by atoms with E-state index in [1.54, 1.807) is 0 Å². The molecule has 0 spiro atoms. The van der Waals surface area contributed by atoms with E-state index in [2.05, 4.69) is 65.7 Å². The number of rotatable bonds is 4. The van der Waals surface area contributed by atoms with Crippen molar-refractivity contribution in [2.45, 2.75) is 32.2 Å². The van der Waals surface area contributed by atoms with E-state index in [9.17, 15) is 4.79 Å². The molecule has 0 unspecified atom stereocenters. The molecule has 2 aromatic rings. The highest BCUT2D eigenvalue weighted by atomic mass is 16.2. The first-order chi connectivity index (χ1) is 12.7. The second-order valence-corrected chi connectivity index (χ2v) is 7.53. The summed E-state index contributed by atoms with van der Waals surface area (Å²) in [7, 11) is 0. The Morgan fingerprint density at radius 1 is 1.04 bits per heavy atom. The number of hydrogen-bond acceptors (Lipinski definition) is 2. The molecule has 2 aromatic carbocycles. The molecule has 4 rings (SSSR count). The van der Waals surface area contributed by atoms with Gasteiger partial charge in [-0.1, -0.05) is 24.3 Å². The largest absolute Gasteiger partial charge is 0.360 e. The van der Waals surface area contributed by atoms with Gasteiger partial charge in [0.15, 0.2) is 6.04 Å². The van der Waals surface area contributed by atoms with Gasteiger partial charge in [-0.25, -0.2) is 0 Å². The summed E-state index contributed by atoms with van der Waals surface area (Å²) in [6.07, 6.45) is 3.55. The summed E-state index contributed by atoms with van der Waals surface area (Å²) in [4.78, 5) is 16.5. The molecule has 1 amide bonds. The zero-order valence-electron chi connectivity index (χ0n) is 15.5. The normalized spacial score (nSPS) is 18.4. The van der Waals surface area contributed by atoms with Crippen LogP contribution in [0.15, 0.2) is 48.5 Å². The minimum absolute atomic E-state index is 0.0267.